The Balaban J connectivity index is 3.92. The summed E-state index contributed by atoms with van der Waals surface area (Å²) >= 11 is 0. The van der Waals surface area contributed by atoms with Crippen molar-refractivity contribution >= 4 is 11.7 Å². The van der Waals surface area contributed by atoms with E-state index in [-0.39, 0.29) is 6.42 Å². The number of carboxylic acid groups (broad SMARTS) is 1. The molecular formula is C4H6N2O5. The molecule has 0 aliphatic carbocycles. The molecule has 0 radical (unpaired) electrons. The maximum absolute atomic E-state index is 10.0. The molecule has 7 heteroatoms. The van der Waals surface area contributed by atoms with E-state index in [0.717, 1.165) is 0 Å². The van der Waals surface area contributed by atoms with Crippen LogP contribution in [-0.2, 0) is 4.79 Å². The van der Waals surface area contributed by atoms with Gasteiger partial charge in [-0.1, -0.05) is 5.16 Å². The first kappa shape index (κ1) is 9.34. The largest absolute Gasteiger partial charge is 0.477 e. The molecule has 0 bridgehead atoms. The fourth-order valence-electron chi connectivity index (χ4n) is 0.397. The first-order chi connectivity index (χ1) is 5.07. The number of nitro groups is 1. The van der Waals surface area contributed by atoms with Gasteiger partial charge in [0.2, 0.25) is 6.54 Å². The zero-order valence-corrected chi connectivity index (χ0v) is 5.43. The fraction of sp³-hybridized carbons (Fsp3) is 0.500. The third kappa shape index (κ3) is 3.84. The van der Waals surface area contributed by atoms with Crippen LogP contribution in [0.5, 0.6) is 0 Å². The third-order valence-corrected chi connectivity index (χ3v) is 0.899. The Bertz CT molecular complexity index is 199. The summed E-state index contributed by atoms with van der Waals surface area (Å²) in [6, 6.07) is 0. The summed E-state index contributed by atoms with van der Waals surface area (Å²) in [5, 5.41) is 28.3. The fourth-order valence-corrected chi connectivity index (χ4v) is 0.397. The van der Waals surface area contributed by atoms with Crippen molar-refractivity contribution in [3.8, 4) is 0 Å². The number of nitrogens with zero attached hydrogens (tertiary/aromatic N) is 2. The molecule has 0 amide bonds. The normalized spacial score (nSPS) is 11.1. The molecule has 62 valence electrons. The molecule has 0 rings (SSSR count). The molecule has 0 saturated carbocycles. The highest BCUT2D eigenvalue weighted by Crippen LogP contribution is 1.87. The second-order valence-corrected chi connectivity index (χ2v) is 1.66. The number of carbonyl (C=O) groups is 1. The zero-order valence-electron chi connectivity index (χ0n) is 5.43. The van der Waals surface area contributed by atoms with Gasteiger partial charge in [0.15, 0.2) is 5.71 Å². The molecule has 0 heterocycles. The molecule has 0 saturated heterocycles. The van der Waals surface area contributed by atoms with Gasteiger partial charge in [0.1, 0.15) is 0 Å². The minimum absolute atomic E-state index is 0.376. The van der Waals surface area contributed by atoms with Gasteiger partial charge in [0.25, 0.3) is 0 Å². The first-order valence-electron chi connectivity index (χ1n) is 2.64. The van der Waals surface area contributed by atoms with Crippen molar-refractivity contribution < 1.29 is 20.0 Å². The van der Waals surface area contributed by atoms with E-state index < -0.39 is 23.1 Å². The van der Waals surface area contributed by atoms with Crippen molar-refractivity contribution in [2.45, 2.75) is 6.42 Å². The summed E-state index contributed by atoms with van der Waals surface area (Å²) in [7, 11) is 0. The Morgan fingerprint density at radius 2 is 2.18 bits per heavy atom. The minimum Gasteiger partial charge on any atom is -0.477 e. The van der Waals surface area contributed by atoms with E-state index in [0.29, 0.717) is 0 Å². The minimum atomic E-state index is -1.45. The lowest BCUT2D eigenvalue weighted by Gasteiger charge is -1.92. The first-order valence-corrected chi connectivity index (χ1v) is 2.64. The van der Waals surface area contributed by atoms with Gasteiger partial charge in [-0.05, 0) is 0 Å². The SMILES string of the molecule is O=C(O)/C(CC[N+](=O)[O-])=N\O. The maximum atomic E-state index is 10.0. The molecule has 0 aromatic rings. The van der Waals surface area contributed by atoms with E-state index >= 15 is 0 Å². The van der Waals surface area contributed by atoms with Gasteiger partial charge in [0.05, 0.1) is 6.42 Å². The number of oxime groups is 1. The van der Waals surface area contributed by atoms with Crippen LogP contribution in [0.15, 0.2) is 5.16 Å². The lowest BCUT2D eigenvalue weighted by molar-refractivity contribution is -0.478. The maximum Gasteiger partial charge on any atom is 0.353 e. The Kier molecular flexibility index (Phi) is 3.57. The highest BCUT2D eigenvalue weighted by molar-refractivity contribution is 6.35. The average molecular weight is 162 g/mol. The van der Waals surface area contributed by atoms with Gasteiger partial charge >= 0.3 is 5.97 Å². The summed E-state index contributed by atoms with van der Waals surface area (Å²) in [5.41, 5.74) is -0.610. The van der Waals surface area contributed by atoms with E-state index in [2.05, 4.69) is 5.16 Å². The topological polar surface area (TPSA) is 113 Å². The summed E-state index contributed by atoms with van der Waals surface area (Å²) in [4.78, 5) is 19.1. The van der Waals surface area contributed by atoms with Crippen LogP contribution in [0.4, 0.5) is 0 Å². The Morgan fingerprint density at radius 1 is 1.64 bits per heavy atom. The van der Waals surface area contributed by atoms with Crippen molar-refractivity contribution in [3.63, 3.8) is 0 Å². The molecule has 11 heavy (non-hydrogen) atoms. The summed E-state index contributed by atoms with van der Waals surface area (Å²) < 4.78 is 0. The lowest BCUT2D eigenvalue weighted by Crippen LogP contribution is -2.17. The molecule has 0 aromatic carbocycles. The standard InChI is InChI=1S/C4H6N2O5/c7-4(8)3(5-9)1-2-6(10)11/h9H,1-2H2,(H,7,8)/b5-3-. The van der Waals surface area contributed by atoms with Crippen LogP contribution >= 0.6 is 0 Å². The predicted molar refractivity (Wildman–Crippen MR) is 33.3 cm³/mol. The second kappa shape index (κ2) is 4.20. The molecule has 7 nitrogen and oxygen atoms in total. The van der Waals surface area contributed by atoms with Gasteiger partial charge in [-0.3, -0.25) is 10.1 Å². The second-order valence-electron chi connectivity index (χ2n) is 1.66. The van der Waals surface area contributed by atoms with Crippen molar-refractivity contribution in [2.75, 3.05) is 6.54 Å². The molecular weight excluding hydrogens is 156 g/mol. The Hall–Kier alpha value is -1.66. The molecule has 0 fully saturated rings. The number of hydrogen-bond donors (Lipinski definition) is 2. The quantitative estimate of drug-likeness (QED) is 0.252. The lowest BCUT2D eigenvalue weighted by atomic mass is 10.3. The highest BCUT2D eigenvalue weighted by Gasteiger charge is 2.12. The van der Waals surface area contributed by atoms with Gasteiger partial charge in [-0.15, -0.1) is 0 Å². The summed E-state index contributed by atoms with van der Waals surface area (Å²) in [6.07, 6.45) is -0.376. The van der Waals surface area contributed by atoms with Crippen LogP contribution in [0.25, 0.3) is 0 Å². The van der Waals surface area contributed by atoms with Crippen molar-refractivity contribution in [1.29, 1.82) is 0 Å². The van der Waals surface area contributed by atoms with E-state index in [1.54, 1.807) is 0 Å². The van der Waals surface area contributed by atoms with Gasteiger partial charge < -0.3 is 10.3 Å². The smallest absolute Gasteiger partial charge is 0.353 e. The summed E-state index contributed by atoms with van der Waals surface area (Å²) in [6.45, 7) is -0.550. The van der Waals surface area contributed by atoms with E-state index in [4.69, 9.17) is 10.3 Å². The monoisotopic (exact) mass is 162 g/mol. The highest BCUT2D eigenvalue weighted by atomic mass is 16.6. The molecule has 0 atom stereocenters. The van der Waals surface area contributed by atoms with Gasteiger partial charge in [0, 0.05) is 4.92 Å². The van der Waals surface area contributed by atoms with Crippen LogP contribution in [0.1, 0.15) is 6.42 Å². The predicted octanol–water partition coefficient (Wildman–Crippen LogP) is -0.432. The average Bonchev–Trinajstić information content (AvgIpc) is 1.87. The molecule has 0 aromatic heterocycles. The van der Waals surface area contributed by atoms with Crippen molar-refractivity contribution in [3.05, 3.63) is 10.1 Å². The van der Waals surface area contributed by atoms with E-state index in [9.17, 15) is 14.9 Å². The summed E-state index contributed by atoms with van der Waals surface area (Å²) in [5.74, 6) is -1.45. The Morgan fingerprint density at radius 3 is 2.45 bits per heavy atom. The van der Waals surface area contributed by atoms with E-state index in [1.807, 2.05) is 0 Å². The van der Waals surface area contributed by atoms with Gasteiger partial charge in [-0.2, -0.15) is 0 Å². The molecule has 0 spiro atoms. The zero-order chi connectivity index (χ0) is 8.85. The Labute approximate surface area is 61.1 Å². The van der Waals surface area contributed by atoms with Crippen molar-refractivity contribution in [2.24, 2.45) is 5.16 Å². The molecule has 0 aliphatic rings. The number of aliphatic carboxylic acids is 1. The van der Waals surface area contributed by atoms with Crippen LogP contribution in [0.2, 0.25) is 0 Å². The third-order valence-electron chi connectivity index (χ3n) is 0.899. The number of carboxylic acids is 1. The van der Waals surface area contributed by atoms with Gasteiger partial charge in [-0.25, -0.2) is 4.79 Å². The van der Waals surface area contributed by atoms with Crippen LogP contribution in [0, 0.1) is 10.1 Å². The molecule has 0 aliphatic heterocycles. The van der Waals surface area contributed by atoms with Crippen LogP contribution < -0.4 is 0 Å². The van der Waals surface area contributed by atoms with Crippen LogP contribution in [0.3, 0.4) is 0 Å². The van der Waals surface area contributed by atoms with Crippen molar-refractivity contribution in [1.82, 2.24) is 0 Å². The molecule has 0 unspecified atom stereocenters. The number of hydrogen-bond acceptors (Lipinski definition) is 5. The van der Waals surface area contributed by atoms with E-state index in [1.165, 1.54) is 0 Å². The van der Waals surface area contributed by atoms with Crippen LogP contribution in [-0.4, -0.2) is 33.5 Å². The molecule has 2 N–H and O–H groups in total. The number of rotatable bonds is 4.